The molecule has 0 aromatic heterocycles. The summed E-state index contributed by atoms with van der Waals surface area (Å²) in [6, 6.07) is 15.8. The van der Waals surface area contributed by atoms with E-state index in [0.717, 1.165) is 17.4 Å². The topological polar surface area (TPSA) is 43.1 Å². The highest BCUT2D eigenvalue weighted by Gasteiger charge is 2.01. The molecule has 0 bridgehead atoms. The highest BCUT2D eigenvalue weighted by molar-refractivity contribution is 6.08. The van der Waals surface area contributed by atoms with Crippen molar-refractivity contribution in [2.45, 2.75) is 6.32 Å². The average Bonchev–Trinajstić information content (AvgIpc) is 2.39. The van der Waals surface area contributed by atoms with E-state index in [1.807, 2.05) is 12.1 Å². The molecule has 84 valence electrons. The van der Waals surface area contributed by atoms with Crippen molar-refractivity contribution >= 4 is 13.8 Å². The lowest BCUT2D eigenvalue weighted by atomic mass is 9.95. The monoisotopic (exact) mass is 223 g/mol. The summed E-state index contributed by atoms with van der Waals surface area (Å²) < 4.78 is 0. The van der Waals surface area contributed by atoms with Crippen molar-refractivity contribution in [3.8, 4) is 11.1 Å². The Hall–Kier alpha value is -2.03. The molecule has 0 heterocycles. The van der Waals surface area contributed by atoms with Gasteiger partial charge in [-0.1, -0.05) is 48.3 Å². The van der Waals surface area contributed by atoms with Gasteiger partial charge in [0.25, 0.3) is 0 Å². The van der Waals surface area contributed by atoms with Crippen LogP contribution in [0.25, 0.3) is 11.1 Å². The molecule has 0 fully saturated rings. The fourth-order valence-electron chi connectivity index (χ4n) is 1.76. The Bertz CT molecular complexity index is 517. The van der Waals surface area contributed by atoms with Crippen LogP contribution in [0.5, 0.6) is 0 Å². The first-order valence-electron chi connectivity index (χ1n) is 5.70. The molecular formula is C14H14BNO. The van der Waals surface area contributed by atoms with Gasteiger partial charge in [-0.25, -0.2) is 0 Å². The van der Waals surface area contributed by atoms with Crippen molar-refractivity contribution in [2.75, 3.05) is 0 Å². The number of nitrogens with two attached hydrogens (primary N) is 1. The quantitative estimate of drug-likeness (QED) is 0.788. The average molecular weight is 223 g/mol. The van der Waals surface area contributed by atoms with E-state index in [4.69, 9.17) is 5.73 Å². The van der Waals surface area contributed by atoms with E-state index in [9.17, 15) is 4.79 Å². The van der Waals surface area contributed by atoms with Crippen molar-refractivity contribution in [1.82, 2.24) is 0 Å². The lowest BCUT2D eigenvalue weighted by Gasteiger charge is -2.04. The van der Waals surface area contributed by atoms with E-state index < -0.39 is 5.91 Å². The second-order valence-corrected chi connectivity index (χ2v) is 3.99. The van der Waals surface area contributed by atoms with Crippen LogP contribution in [0.4, 0.5) is 0 Å². The van der Waals surface area contributed by atoms with E-state index in [1.165, 1.54) is 5.56 Å². The Morgan fingerprint density at radius 3 is 1.82 bits per heavy atom. The number of hydrogen-bond donors (Lipinski definition) is 1. The summed E-state index contributed by atoms with van der Waals surface area (Å²) in [5, 5.41) is 0. The maximum Gasteiger partial charge on any atom is 0.248 e. The summed E-state index contributed by atoms with van der Waals surface area (Å²) in [5.41, 5.74) is 9.31. The van der Waals surface area contributed by atoms with Crippen LogP contribution in [0.15, 0.2) is 48.5 Å². The summed E-state index contributed by atoms with van der Waals surface area (Å²) in [6.07, 6.45) is 1.04. The first kappa shape index (κ1) is 11.5. The van der Waals surface area contributed by atoms with Crippen LogP contribution in [0.2, 0.25) is 0 Å². The van der Waals surface area contributed by atoms with Gasteiger partial charge in [0, 0.05) is 5.56 Å². The third kappa shape index (κ3) is 2.56. The number of hydrogen-bond acceptors (Lipinski definition) is 1. The van der Waals surface area contributed by atoms with Crippen molar-refractivity contribution in [1.29, 1.82) is 0 Å². The van der Waals surface area contributed by atoms with Crippen LogP contribution in [0.1, 0.15) is 15.9 Å². The van der Waals surface area contributed by atoms with Crippen molar-refractivity contribution in [3.05, 3.63) is 59.7 Å². The molecule has 2 aromatic rings. The maximum absolute atomic E-state index is 11.0. The lowest BCUT2D eigenvalue weighted by molar-refractivity contribution is 0.100. The van der Waals surface area contributed by atoms with Gasteiger partial charge < -0.3 is 5.73 Å². The molecule has 0 radical (unpaired) electrons. The van der Waals surface area contributed by atoms with Crippen LogP contribution in [-0.2, 0) is 6.32 Å². The van der Waals surface area contributed by atoms with Gasteiger partial charge >= 0.3 is 0 Å². The van der Waals surface area contributed by atoms with E-state index in [2.05, 4.69) is 32.1 Å². The Labute approximate surface area is 102 Å². The van der Waals surface area contributed by atoms with Crippen LogP contribution in [0, 0.1) is 0 Å². The highest BCUT2D eigenvalue weighted by atomic mass is 16.1. The van der Waals surface area contributed by atoms with Gasteiger partial charge in [-0.2, -0.15) is 0 Å². The number of carbonyl (C=O) groups is 1. The molecule has 2 rings (SSSR count). The van der Waals surface area contributed by atoms with E-state index in [1.54, 1.807) is 12.1 Å². The molecular weight excluding hydrogens is 209 g/mol. The summed E-state index contributed by atoms with van der Waals surface area (Å²) in [5.74, 6) is -0.391. The van der Waals surface area contributed by atoms with E-state index >= 15 is 0 Å². The largest absolute Gasteiger partial charge is 0.366 e. The van der Waals surface area contributed by atoms with E-state index in [0.29, 0.717) is 5.56 Å². The summed E-state index contributed by atoms with van der Waals surface area (Å²) >= 11 is 0. The van der Waals surface area contributed by atoms with Crippen molar-refractivity contribution < 1.29 is 4.79 Å². The van der Waals surface area contributed by atoms with Gasteiger partial charge in [0.2, 0.25) is 5.91 Å². The molecule has 0 saturated carbocycles. The molecule has 2 N–H and O–H groups in total. The number of rotatable bonds is 3. The van der Waals surface area contributed by atoms with Crippen LogP contribution in [0.3, 0.4) is 0 Å². The van der Waals surface area contributed by atoms with Gasteiger partial charge in [-0.15, -0.1) is 0 Å². The molecule has 0 spiro atoms. The highest BCUT2D eigenvalue weighted by Crippen LogP contribution is 2.20. The van der Waals surface area contributed by atoms with Crippen LogP contribution < -0.4 is 5.73 Å². The lowest BCUT2D eigenvalue weighted by Crippen LogP contribution is -2.10. The Balaban J connectivity index is 2.29. The number of benzene rings is 2. The zero-order valence-corrected chi connectivity index (χ0v) is 9.81. The Morgan fingerprint density at radius 2 is 1.41 bits per heavy atom. The predicted octanol–water partition coefficient (Wildman–Crippen LogP) is 1.59. The van der Waals surface area contributed by atoms with Crippen molar-refractivity contribution in [3.63, 3.8) is 0 Å². The minimum Gasteiger partial charge on any atom is -0.366 e. The number of carbonyl (C=O) groups excluding carboxylic acids is 1. The third-order valence-electron chi connectivity index (χ3n) is 2.86. The molecule has 0 aliphatic carbocycles. The SMILES string of the molecule is BCc1ccc(-c2ccc(C(N)=O)cc2)cc1. The van der Waals surface area contributed by atoms with Gasteiger partial charge in [-0.3, -0.25) is 4.79 Å². The minimum absolute atomic E-state index is 0.391. The summed E-state index contributed by atoms with van der Waals surface area (Å²) in [4.78, 5) is 11.0. The normalized spacial score (nSPS) is 10.1. The molecule has 3 heteroatoms. The molecule has 0 atom stereocenters. The maximum atomic E-state index is 11.0. The first-order chi connectivity index (χ1) is 8.20. The molecule has 2 aromatic carbocycles. The van der Waals surface area contributed by atoms with Gasteiger partial charge in [0.15, 0.2) is 0 Å². The molecule has 0 unspecified atom stereocenters. The Kier molecular flexibility index (Phi) is 3.28. The molecule has 0 saturated heterocycles. The molecule has 0 aliphatic rings. The van der Waals surface area contributed by atoms with Crippen LogP contribution in [-0.4, -0.2) is 13.8 Å². The minimum atomic E-state index is -0.391. The van der Waals surface area contributed by atoms with Crippen LogP contribution >= 0.6 is 0 Å². The standard InChI is InChI=1S/C14H14BNO/c15-9-10-1-3-11(4-2-10)12-5-7-13(8-6-12)14(16)17/h1-8H,9,15H2,(H2,16,17). The second kappa shape index (κ2) is 4.87. The van der Waals surface area contributed by atoms with Gasteiger partial charge in [-0.05, 0) is 23.3 Å². The molecule has 1 amide bonds. The van der Waals surface area contributed by atoms with Crippen molar-refractivity contribution in [2.24, 2.45) is 5.73 Å². The second-order valence-electron chi connectivity index (χ2n) is 3.99. The summed E-state index contributed by atoms with van der Waals surface area (Å²) in [7, 11) is 2.14. The molecule has 17 heavy (non-hydrogen) atoms. The Morgan fingerprint density at radius 1 is 0.941 bits per heavy atom. The fraction of sp³-hybridized carbons (Fsp3) is 0.0714. The molecule has 2 nitrogen and oxygen atoms in total. The predicted molar refractivity (Wildman–Crippen MR) is 72.6 cm³/mol. The van der Waals surface area contributed by atoms with E-state index in [-0.39, 0.29) is 0 Å². The fourth-order valence-corrected chi connectivity index (χ4v) is 1.76. The zero-order valence-electron chi connectivity index (χ0n) is 9.81. The number of amides is 1. The smallest absolute Gasteiger partial charge is 0.248 e. The van der Waals surface area contributed by atoms with Gasteiger partial charge in [0.1, 0.15) is 7.85 Å². The number of primary amides is 1. The molecule has 0 aliphatic heterocycles. The first-order valence-corrected chi connectivity index (χ1v) is 5.70. The summed E-state index contributed by atoms with van der Waals surface area (Å²) in [6.45, 7) is 0. The third-order valence-corrected chi connectivity index (χ3v) is 2.86. The van der Waals surface area contributed by atoms with Gasteiger partial charge in [0.05, 0.1) is 0 Å². The zero-order chi connectivity index (χ0) is 12.3.